The Kier molecular flexibility index (Phi) is 200. The van der Waals surface area contributed by atoms with Gasteiger partial charge in [-0.25, -0.2) is 5.26 Å². The molecular formula is C62H127BBr2ClKN2NaO25Se7. The van der Waals surface area contributed by atoms with Crippen molar-refractivity contribution >= 4 is 207 Å². The summed E-state index contributed by atoms with van der Waals surface area (Å²) in [4.78, 5) is 24.3. The molecule has 102 heavy (non-hydrogen) atoms. The molecule has 0 saturated heterocycles. The molecule has 0 atom stereocenters. The Balaban J connectivity index is -0.0000000844. The van der Waals surface area contributed by atoms with Crippen molar-refractivity contribution in [2.24, 2.45) is 0 Å². The number of carbonyl (C=O) groups excluding carboxylic acids is 2. The molecule has 0 aromatic heterocycles. The van der Waals surface area contributed by atoms with E-state index in [4.69, 9.17) is 57.7 Å². The molecule has 0 aliphatic carbocycles. The van der Waals surface area contributed by atoms with Gasteiger partial charge in [-0.3, -0.25) is 4.79 Å². The number of aliphatic hydroxyl groups is 5. The summed E-state index contributed by atoms with van der Waals surface area (Å²) in [6, 6.07) is 0. The molecule has 0 unspecified atom stereocenters. The topological polar surface area (TPSA) is 360 Å². The second-order valence-electron chi connectivity index (χ2n) is 19.6. The van der Waals surface area contributed by atoms with Gasteiger partial charge in [0, 0.05) is 19.1 Å². The molecule has 0 fully saturated rings. The number of alkyl halides is 2. The maximum atomic E-state index is 10.8. The number of nitrogens with zero attached hydrogens (tertiary/aromatic N) is 2. The molecule has 0 aromatic rings. The molecule has 0 heterocycles. The van der Waals surface area contributed by atoms with Crippen LogP contribution in [0.25, 0.3) is 0 Å². The Morgan fingerprint density at radius 1 is 0.461 bits per heavy atom. The average molecular weight is 2120 g/mol. The predicted octanol–water partition coefficient (Wildman–Crippen LogP) is 11.0. The number of rotatable bonds is 65. The molecule has 0 spiro atoms. The Morgan fingerprint density at radius 2 is 0.725 bits per heavy atom. The van der Waals surface area contributed by atoms with E-state index in [1.54, 1.807) is 0 Å². The minimum absolute atomic E-state index is 0. The molecule has 0 aliphatic rings. The molecular weight excluding hydrogens is 1990 g/mol. The zero-order valence-corrected chi connectivity index (χ0v) is 83.2. The largest absolute Gasteiger partial charge is 1.00 e. The molecule has 6 N–H and O–H groups in total. The van der Waals surface area contributed by atoms with Crippen LogP contribution in [0.3, 0.4) is 0 Å². The van der Waals surface area contributed by atoms with E-state index in [0.717, 1.165) is 72.7 Å². The van der Waals surface area contributed by atoms with Gasteiger partial charge in [0.25, 0.3) is 0 Å². The van der Waals surface area contributed by atoms with Crippen molar-refractivity contribution < 1.29 is 156 Å². The summed E-state index contributed by atoms with van der Waals surface area (Å²) < 4.78 is 8.77. The second-order valence-corrected chi connectivity index (χ2v) is 35.2. The Hall–Kier alpha value is 4.31. The van der Waals surface area contributed by atoms with Gasteiger partial charge in [0.15, 0.2) is 0 Å². The molecule has 3 radical (unpaired) electrons. The number of carbonyl (C=O) groups is 2. The number of hydrogen-bond donors (Lipinski definition) is 6. The SMILES string of the molecule is C=CC(=O)Cl.C=CC(=O)OCC[Se]CCCCCCCCCCCCCC.CCCCCCCCCCCCCCBr.CCCCCCCCCCCCCC[Se]CCO.N#C[Se]CCO.N#C[Se][K].OCCBr.OCC[SeH].OCC[SeH].OOOOOOOOOOOOOOOOO[SeH].[B].[H-].[Na+]. The van der Waals surface area contributed by atoms with Crippen molar-refractivity contribution in [2.45, 2.75) is 289 Å². The number of allylic oxidation sites excluding steroid dienone is 1. The number of aliphatic hydroxyl groups excluding tert-OH is 5. The van der Waals surface area contributed by atoms with Gasteiger partial charge in [-0.2, -0.15) is 0 Å². The summed E-state index contributed by atoms with van der Waals surface area (Å²) in [6.45, 7) is 15.3. The van der Waals surface area contributed by atoms with Gasteiger partial charge in [-0.15, -0.1) is 0 Å². The summed E-state index contributed by atoms with van der Waals surface area (Å²) in [5, 5.41) is 123. The fourth-order valence-electron chi connectivity index (χ4n) is 6.81. The minimum atomic E-state index is -0.509. The molecule has 0 bridgehead atoms. The summed E-state index contributed by atoms with van der Waals surface area (Å²) in [5.41, 5.74) is 0.410. The van der Waals surface area contributed by atoms with Gasteiger partial charge in [0.1, 0.15) is 0 Å². The van der Waals surface area contributed by atoms with E-state index in [-0.39, 0.29) is 73.5 Å². The Morgan fingerprint density at radius 3 is 0.931 bits per heavy atom. The second kappa shape index (κ2) is 154. The smallest absolute Gasteiger partial charge is 1.00 e. The van der Waals surface area contributed by atoms with Crippen LogP contribution in [0.15, 0.2) is 25.3 Å². The Labute approximate surface area is 738 Å². The molecule has 0 saturated carbocycles. The molecule has 0 aromatic carbocycles. The van der Waals surface area contributed by atoms with E-state index in [1.807, 2.05) is 4.97 Å². The van der Waals surface area contributed by atoms with Crippen molar-refractivity contribution in [3.63, 3.8) is 0 Å². The van der Waals surface area contributed by atoms with Gasteiger partial charge in [0.05, 0.1) is 6.61 Å². The van der Waals surface area contributed by atoms with Crippen LogP contribution >= 0.6 is 43.5 Å². The van der Waals surface area contributed by atoms with E-state index < -0.39 is 5.24 Å². The van der Waals surface area contributed by atoms with E-state index >= 15 is 0 Å². The quantitative estimate of drug-likeness (QED) is 0.00481. The van der Waals surface area contributed by atoms with Crippen molar-refractivity contribution in [3.05, 3.63) is 25.3 Å². The van der Waals surface area contributed by atoms with Crippen LogP contribution in [-0.4, -0.2) is 245 Å². The molecule has 603 valence electrons. The summed E-state index contributed by atoms with van der Waals surface area (Å²) >= 11 is 19.4. The van der Waals surface area contributed by atoms with Crippen molar-refractivity contribution in [1.29, 1.82) is 10.5 Å². The third-order valence-electron chi connectivity index (χ3n) is 11.4. The van der Waals surface area contributed by atoms with Crippen molar-refractivity contribution in [2.75, 3.05) is 50.3 Å². The number of halogens is 3. The number of esters is 1. The van der Waals surface area contributed by atoms with Crippen LogP contribution in [0.4, 0.5) is 0 Å². The first kappa shape index (κ1) is 133. The predicted molar refractivity (Wildman–Crippen MR) is 410 cm³/mol. The van der Waals surface area contributed by atoms with Crippen LogP contribution in [-0.2, 0) is 93.9 Å². The molecule has 0 rings (SSSR count). The summed E-state index contributed by atoms with van der Waals surface area (Å²) in [6.07, 6.45) is 53.8. The number of nitriles is 2. The fourth-order valence-corrected chi connectivity index (χ4v) is 10.9. The van der Waals surface area contributed by atoms with Crippen molar-refractivity contribution in [1.82, 2.24) is 0 Å². The van der Waals surface area contributed by atoms with Crippen molar-refractivity contribution in [3.8, 4) is 9.94 Å². The number of hydrogen-bond acceptors (Lipinski definition) is 27. The first-order valence-electron chi connectivity index (χ1n) is 33.9. The normalized spacial score (nSPS) is 9.60. The van der Waals surface area contributed by atoms with Crippen LogP contribution in [0.1, 0.15) is 253 Å². The third kappa shape index (κ3) is 196. The maximum Gasteiger partial charge on any atom is 1.00 e. The summed E-state index contributed by atoms with van der Waals surface area (Å²) in [5.74, 6) is -0.291. The Bertz CT molecular complexity index is 1420. The first-order valence-corrected chi connectivity index (χ1v) is 56.1. The zero-order valence-electron chi connectivity index (χ0n) is 62.7. The summed E-state index contributed by atoms with van der Waals surface area (Å²) in [7, 11) is 0. The van der Waals surface area contributed by atoms with Gasteiger partial charge in [0.2, 0.25) is 5.24 Å². The first-order chi connectivity index (χ1) is 48.9. The molecule has 0 amide bonds. The van der Waals surface area contributed by atoms with Gasteiger partial charge in [-0.05, 0) is 44.3 Å². The van der Waals surface area contributed by atoms with Crippen LogP contribution in [0.2, 0.25) is 37.2 Å². The van der Waals surface area contributed by atoms with Gasteiger partial charge in [-0.1, -0.05) is 143 Å². The minimum Gasteiger partial charge on any atom is -1.00 e. The number of unbranched alkanes of at least 4 members (excludes halogenated alkanes) is 33. The van der Waals surface area contributed by atoms with E-state index in [1.165, 1.54) is 270 Å². The third-order valence-corrected chi connectivity index (χ3v) is 20.7. The maximum absolute atomic E-state index is 10.8. The van der Waals surface area contributed by atoms with Gasteiger partial charge >= 0.3 is 514 Å². The van der Waals surface area contributed by atoms with E-state index in [9.17, 15) is 9.59 Å². The molecule has 40 heteroatoms. The van der Waals surface area contributed by atoms with E-state index in [0.29, 0.717) is 72.6 Å². The average Bonchev–Trinajstić information content (AvgIpc) is 3.84. The van der Waals surface area contributed by atoms with Crippen LogP contribution < -0.4 is 29.6 Å². The van der Waals surface area contributed by atoms with Crippen LogP contribution in [0, 0.1) is 20.5 Å². The van der Waals surface area contributed by atoms with Gasteiger partial charge < -0.3 is 6.53 Å². The zero-order chi connectivity index (χ0) is 76.9. The fraction of sp³-hybridized carbons (Fsp3) is 0.871. The molecule has 0 aliphatic heterocycles. The van der Waals surface area contributed by atoms with E-state index in [2.05, 4.69) is 182 Å². The molecule has 27 nitrogen and oxygen atoms in total. The van der Waals surface area contributed by atoms with Crippen LogP contribution in [0.5, 0.6) is 0 Å². The standard InChI is InChI=1S/C19H36O2Se.C16H34OSe.C14H29Br.C3H3ClO.C3H5NOSe.C2H5BrO.2C2H6OSe.CHNSe.B.K.Na.H2O17Se.H/c1-3-5-6-7-8-9-10-11-12-13-14-15-17-22-18-16-21-19(20)4-2;1-2-3-4-5-6-7-8-9-10-11-12-13-15-18-16-14-17;1-2-3-4-5-6-7-8-9-10-11-12-13-14-15;1-2-3(4)5;4-3-6-2-1-5;3*3-1-2-4;2-1-3;;;;1-2-3-4-5-6-7-8-9-10-11-12-13-14-15-16-17-18;/h4H,2-3,5-18H2,1H3;17H,2-16H2,1H3;2-14H2,1H3;2H,1H2;5H,1-2H2;4H,1-2H2;2*3-4H,1-2H2;3H;;;;1,18H;/q;;;;;;;;;;2*+1;;-1/p-1. The monoisotopic (exact) mass is 2130 g/mol. The number of ether oxygens (including phenoxy) is 1.